The molecule has 0 aliphatic carbocycles. The molecule has 2 N–H and O–H groups in total. The van der Waals surface area contributed by atoms with Gasteiger partial charge in [-0.05, 0) is 36.8 Å². The molecule has 0 saturated carbocycles. The third-order valence-corrected chi connectivity index (χ3v) is 3.19. The molecule has 1 aromatic carbocycles. The van der Waals surface area contributed by atoms with Gasteiger partial charge in [0.05, 0.1) is 25.8 Å². The van der Waals surface area contributed by atoms with Crippen molar-refractivity contribution < 1.29 is 19.7 Å². The number of hydrogen-bond donors (Lipinski definition) is 2. The number of rotatable bonds is 6. The van der Waals surface area contributed by atoms with Crippen LogP contribution in [0.15, 0.2) is 24.3 Å². The summed E-state index contributed by atoms with van der Waals surface area (Å²) in [6.45, 7) is 2.23. The lowest BCUT2D eigenvalue weighted by Gasteiger charge is -2.03. The number of aryl methyl sites for hydroxylation is 2. The molecular weight excluding hydrogens is 284 g/mol. The van der Waals surface area contributed by atoms with Gasteiger partial charge in [0.25, 0.3) is 0 Å². The minimum Gasteiger partial charge on any atom is -0.504 e. The molecule has 0 aliphatic heterocycles. The lowest BCUT2D eigenvalue weighted by atomic mass is 10.2. The summed E-state index contributed by atoms with van der Waals surface area (Å²) in [6, 6.07) is 6.94. The van der Waals surface area contributed by atoms with Crippen molar-refractivity contribution in [1.29, 1.82) is 0 Å². The second-order valence-electron chi connectivity index (χ2n) is 4.84. The Labute approximate surface area is 128 Å². The number of ether oxygens (including phenoxy) is 1. The number of aromatic hydroxyl groups is 1. The summed E-state index contributed by atoms with van der Waals surface area (Å²) >= 11 is 0. The van der Waals surface area contributed by atoms with Gasteiger partial charge in [0.1, 0.15) is 0 Å². The van der Waals surface area contributed by atoms with Gasteiger partial charge in [-0.2, -0.15) is 5.10 Å². The van der Waals surface area contributed by atoms with Gasteiger partial charge >= 0.3 is 5.97 Å². The number of carbonyl (C=O) groups is 1. The SMILES string of the molecule is COc1cc(C=Cc2cc(C)n(CCC(=O)O)n2)ccc1O. The zero-order valence-corrected chi connectivity index (χ0v) is 12.5. The standard InChI is InChI=1S/C16H18N2O4/c1-11-9-13(17-18(11)8-7-16(20)21)5-3-12-4-6-14(19)15(10-12)22-2/h3-6,9-10,19H,7-8H2,1-2H3,(H,20,21). The first-order valence-corrected chi connectivity index (χ1v) is 6.81. The number of phenolic OH excluding ortho intramolecular Hbond substituents is 1. The van der Waals surface area contributed by atoms with E-state index in [1.165, 1.54) is 7.11 Å². The first-order valence-electron chi connectivity index (χ1n) is 6.81. The zero-order chi connectivity index (χ0) is 16.1. The van der Waals surface area contributed by atoms with Gasteiger partial charge in [-0.15, -0.1) is 0 Å². The number of aliphatic carboxylic acids is 1. The molecule has 0 fully saturated rings. The predicted molar refractivity (Wildman–Crippen MR) is 82.8 cm³/mol. The van der Waals surface area contributed by atoms with Crippen LogP contribution in [0.3, 0.4) is 0 Å². The lowest BCUT2D eigenvalue weighted by Crippen LogP contribution is -2.07. The van der Waals surface area contributed by atoms with Gasteiger partial charge in [0.15, 0.2) is 11.5 Å². The quantitative estimate of drug-likeness (QED) is 0.856. The Hall–Kier alpha value is -2.76. The summed E-state index contributed by atoms with van der Waals surface area (Å²) in [6.07, 6.45) is 3.72. The van der Waals surface area contributed by atoms with Crippen LogP contribution in [0.1, 0.15) is 23.4 Å². The van der Waals surface area contributed by atoms with Crippen LogP contribution in [0.5, 0.6) is 11.5 Å². The lowest BCUT2D eigenvalue weighted by molar-refractivity contribution is -0.137. The summed E-state index contributed by atoms with van der Waals surface area (Å²) in [5.74, 6) is -0.345. The number of carboxylic acid groups (broad SMARTS) is 1. The highest BCUT2D eigenvalue weighted by Gasteiger charge is 2.05. The maximum Gasteiger partial charge on any atom is 0.305 e. The Balaban J connectivity index is 2.13. The molecule has 0 unspecified atom stereocenters. The summed E-state index contributed by atoms with van der Waals surface area (Å²) in [5.41, 5.74) is 2.52. The van der Waals surface area contributed by atoms with Gasteiger partial charge in [-0.25, -0.2) is 0 Å². The third-order valence-electron chi connectivity index (χ3n) is 3.19. The van der Waals surface area contributed by atoms with Gasteiger partial charge in [0, 0.05) is 5.69 Å². The minimum absolute atomic E-state index is 0.0425. The van der Waals surface area contributed by atoms with Crippen LogP contribution in [0.25, 0.3) is 12.2 Å². The smallest absolute Gasteiger partial charge is 0.305 e. The average molecular weight is 302 g/mol. The van der Waals surface area contributed by atoms with Crippen LogP contribution in [-0.4, -0.2) is 33.1 Å². The monoisotopic (exact) mass is 302 g/mol. The van der Waals surface area contributed by atoms with E-state index in [0.29, 0.717) is 12.3 Å². The van der Waals surface area contributed by atoms with Crippen molar-refractivity contribution >= 4 is 18.1 Å². The largest absolute Gasteiger partial charge is 0.504 e. The van der Waals surface area contributed by atoms with E-state index in [4.69, 9.17) is 9.84 Å². The molecule has 0 radical (unpaired) electrons. The summed E-state index contributed by atoms with van der Waals surface area (Å²) in [7, 11) is 1.50. The normalized spacial score (nSPS) is 11.0. The first kappa shape index (κ1) is 15.6. The Morgan fingerprint density at radius 1 is 1.36 bits per heavy atom. The van der Waals surface area contributed by atoms with Crippen molar-refractivity contribution in [3.05, 3.63) is 41.2 Å². The van der Waals surface area contributed by atoms with E-state index in [2.05, 4.69) is 5.10 Å². The fraction of sp³-hybridized carbons (Fsp3) is 0.250. The number of hydrogen-bond acceptors (Lipinski definition) is 4. The van der Waals surface area contributed by atoms with Crippen molar-refractivity contribution in [2.45, 2.75) is 19.9 Å². The van der Waals surface area contributed by atoms with E-state index in [1.807, 2.05) is 25.1 Å². The van der Waals surface area contributed by atoms with Crippen LogP contribution in [0, 0.1) is 6.92 Å². The predicted octanol–water partition coefficient (Wildman–Crippen LogP) is 2.55. The van der Waals surface area contributed by atoms with Gasteiger partial charge in [-0.1, -0.05) is 12.1 Å². The molecule has 0 amide bonds. The highest BCUT2D eigenvalue weighted by Crippen LogP contribution is 2.27. The van der Waals surface area contributed by atoms with Crippen molar-refractivity contribution in [3.63, 3.8) is 0 Å². The van der Waals surface area contributed by atoms with E-state index in [-0.39, 0.29) is 12.2 Å². The van der Waals surface area contributed by atoms with Crippen LogP contribution >= 0.6 is 0 Å². The molecule has 6 nitrogen and oxygen atoms in total. The summed E-state index contributed by atoms with van der Waals surface area (Å²) in [5, 5.41) is 22.6. The molecular formula is C16H18N2O4. The van der Waals surface area contributed by atoms with Crippen LogP contribution in [0.2, 0.25) is 0 Å². The van der Waals surface area contributed by atoms with E-state index >= 15 is 0 Å². The van der Waals surface area contributed by atoms with Crippen LogP contribution < -0.4 is 4.74 Å². The minimum atomic E-state index is -0.844. The van der Waals surface area contributed by atoms with Crippen molar-refractivity contribution in [2.24, 2.45) is 0 Å². The summed E-state index contributed by atoms with van der Waals surface area (Å²) in [4.78, 5) is 10.6. The molecule has 0 aliphatic rings. The Morgan fingerprint density at radius 2 is 2.14 bits per heavy atom. The number of methoxy groups -OCH3 is 1. The maximum absolute atomic E-state index is 10.6. The van der Waals surface area contributed by atoms with Crippen molar-refractivity contribution in [1.82, 2.24) is 9.78 Å². The Kier molecular flexibility index (Phi) is 4.83. The Morgan fingerprint density at radius 3 is 2.82 bits per heavy atom. The third kappa shape index (κ3) is 3.88. The molecule has 22 heavy (non-hydrogen) atoms. The Bertz CT molecular complexity index is 704. The number of nitrogens with zero attached hydrogens (tertiary/aromatic N) is 2. The second-order valence-corrected chi connectivity index (χ2v) is 4.84. The van der Waals surface area contributed by atoms with Crippen molar-refractivity contribution in [2.75, 3.05) is 7.11 Å². The topological polar surface area (TPSA) is 84.6 Å². The first-order chi connectivity index (χ1) is 10.5. The van der Waals surface area contributed by atoms with Gasteiger partial charge in [-0.3, -0.25) is 9.48 Å². The second kappa shape index (κ2) is 6.80. The maximum atomic E-state index is 10.6. The van der Waals surface area contributed by atoms with Gasteiger partial charge < -0.3 is 14.9 Å². The van der Waals surface area contributed by atoms with E-state index < -0.39 is 5.97 Å². The molecule has 0 saturated heterocycles. The molecule has 0 bridgehead atoms. The molecule has 0 atom stereocenters. The van der Waals surface area contributed by atoms with E-state index in [9.17, 15) is 9.90 Å². The highest BCUT2D eigenvalue weighted by molar-refractivity contribution is 5.69. The average Bonchev–Trinajstić information content (AvgIpc) is 2.84. The molecule has 2 rings (SSSR count). The molecule has 6 heteroatoms. The van der Waals surface area contributed by atoms with E-state index in [1.54, 1.807) is 22.9 Å². The zero-order valence-electron chi connectivity index (χ0n) is 12.5. The molecule has 116 valence electrons. The number of aromatic nitrogens is 2. The van der Waals surface area contributed by atoms with Crippen molar-refractivity contribution in [3.8, 4) is 11.5 Å². The molecule has 1 aromatic heterocycles. The highest BCUT2D eigenvalue weighted by atomic mass is 16.5. The summed E-state index contributed by atoms with van der Waals surface area (Å²) < 4.78 is 6.73. The van der Waals surface area contributed by atoms with E-state index in [0.717, 1.165) is 17.0 Å². The fourth-order valence-electron chi connectivity index (χ4n) is 2.02. The molecule has 2 aromatic rings. The fourth-order valence-corrected chi connectivity index (χ4v) is 2.02. The van der Waals surface area contributed by atoms with Crippen LogP contribution in [-0.2, 0) is 11.3 Å². The van der Waals surface area contributed by atoms with Gasteiger partial charge in [0.2, 0.25) is 0 Å². The number of benzene rings is 1. The number of carboxylic acids is 1. The number of phenols is 1. The molecule has 1 heterocycles. The van der Waals surface area contributed by atoms with Crippen LogP contribution in [0.4, 0.5) is 0 Å². The molecule has 0 spiro atoms.